The number of nitrogens with one attached hydrogen (secondary N) is 2. The van der Waals surface area contributed by atoms with E-state index in [0.29, 0.717) is 27.4 Å². The highest BCUT2D eigenvalue weighted by Crippen LogP contribution is 2.42. The summed E-state index contributed by atoms with van der Waals surface area (Å²) < 4.78 is 0. The highest BCUT2D eigenvalue weighted by Gasteiger charge is 2.35. The lowest BCUT2D eigenvalue weighted by Gasteiger charge is -2.29. The number of thioether (sulfide) groups is 1. The van der Waals surface area contributed by atoms with E-state index < -0.39 is 5.92 Å². The molecule has 5 nitrogen and oxygen atoms in total. The van der Waals surface area contributed by atoms with Gasteiger partial charge >= 0.3 is 0 Å². The van der Waals surface area contributed by atoms with E-state index in [2.05, 4.69) is 16.7 Å². The van der Waals surface area contributed by atoms with Crippen LogP contribution in [0, 0.1) is 18.3 Å². The lowest BCUT2D eigenvalue weighted by molar-refractivity contribution is -0.113. The first-order valence-electron chi connectivity index (χ1n) is 12.8. The van der Waals surface area contributed by atoms with Crippen LogP contribution in [0.4, 0.5) is 5.69 Å². The van der Waals surface area contributed by atoms with Gasteiger partial charge in [0.2, 0.25) is 0 Å². The van der Waals surface area contributed by atoms with Gasteiger partial charge in [-0.1, -0.05) is 90.6 Å². The molecule has 198 valence electrons. The van der Waals surface area contributed by atoms with Crippen LogP contribution in [0.2, 0.25) is 0 Å². The van der Waals surface area contributed by atoms with E-state index in [0.717, 1.165) is 27.3 Å². The van der Waals surface area contributed by atoms with E-state index in [9.17, 15) is 14.9 Å². The van der Waals surface area contributed by atoms with E-state index in [1.807, 2.05) is 110 Å². The number of aryl methyl sites for hydroxylation is 1. The molecule has 1 aromatic heterocycles. The minimum Gasteiger partial charge on any atom is -0.353 e. The number of rotatable bonds is 8. The molecule has 0 aliphatic carbocycles. The summed E-state index contributed by atoms with van der Waals surface area (Å²) in [6, 6.07) is 31.4. The molecule has 4 aromatic rings. The van der Waals surface area contributed by atoms with Crippen LogP contribution in [0.1, 0.15) is 33.6 Å². The Balaban J connectivity index is 1.38. The summed E-state index contributed by atoms with van der Waals surface area (Å²) in [5.41, 5.74) is 6.01. The SMILES string of the molecule is CC1=C(C(=O)Nc2ccccc2C)[C@H](c2cccs2)C(C#N)=C(SCC(=O)c2ccc(-c3ccccc3)cc2)N1. The zero-order valence-electron chi connectivity index (χ0n) is 22.1. The molecule has 0 fully saturated rings. The first kappa shape index (κ1) is 27.2. The number of nitriles is 1. The Morgan fingerprint density at radius 3 is 2.30 bits per heavy atom. The number of nitrogens with zero attached hydrogens (tertiary/aromatic N) is 1. The van der Waals surface area contributed by atoms with Gasteiger partial charge in [0.1, 0.15) is 0 Å². The van der Waals surface area contributed by atoms with Gasteiger partial charge in [-0.2, -0.15) is 5.26 Å². The number of dihydropyridines is 1. The largest absolute Gasteiger partial charge is 0.353 e. The summed E-state index contributed by atoms with van der Waals surface area (Å²) in [7, 11) is 0. The average molecular weight is 562 g/mol. The van der Waals surface area contributed by atoms with Gasteiger partial charge in [0, 0.05) is 27.4 Å². The summed E-state index contributed by atoms with van der Waals surface area (Å²) in [5.74, 6) is -0.663. The fourth-order valence-electron chi connectivity index (χ4n) is 4.67. The van der Waals surface area contributed by atoms with Crippen molar-refractivity contribution >= 4 is 40.5 Å². The normalized spacial score (nSPS) is 14.9. The van der Waals surface area contributed by atoms with E-state index in [4.69, 9.17) is 0 Å². The molecule has 1 amide bonds. The van der Waals surface area contributed by atoms with Gasteiger partial charge in [0.25, 0.3) is 5.91 Å². The average Bonchev–Trinajstić information content (AvgIpc) is 3.52. The fourth-order valence-corrected chi connectivity index (χ4v) is 6.50. The molecular formula is C33H27N3O2S2. The fraction of sp³-hybridized carbons (Fsp3) is 0.121. The Morgan fingerprint density at radius 2 is 1.62 bits per heavy atom. The monoisotopic (exact) mass is 561 g/mol. The van der Waals surface area contributed by atoms with Gasteiger partial charge in [-0.25, -0.2) is 0 Å². The van der Waals surface area contributed by atoms with Crippen molar-refractivity contribution in [1.82, 2.24) is 5.32 Å². The summed E-state index contributed by atoms with van der Waals surface area (Å²) in [6.07, 6.45) is 0. The van der Waals surface area contributed by atoms with Crippen molar-refractivity contribution in [3.63, 3.8) is 0 Å². The van der Waals surface area contributed by atoms with Crippen LogP contribution in [0.3, 0.4) is 0 Å². The number of hydrogen-bond acceptors (Lipinski definition) is 6. The molecular weight excluding hydrogens is 535 g/mol. The standard InChI is InChI=1S/C33H27N3O2S2/c1-21-9-6-7-12-27(21)36-32(38)30-22(2)35-33(26(19-34)31(30)29-13-8-18-39-29)40-20-28(37)25-16-14-24(15-17-25)23-10-4-3-5-11-23/h3-18,31,35H,20H2,1-2H3,(H,36,38)/t31-/m0/s1. The van der Waals surface area contributed by atoms with Crippen molar-refractivity contribution < 1.29 is 9.59 Å². The number of hydrogen-bond donors (Lipinski definition) is 2. The summed E-state index contributed by atoms with van der Waals surface area (Å²) in [6.45, 7) is 3.78. The number of carbonyl (C=O) groups excluding carboxylic acids is 2. The van der Waals surface area contributed by atoms with Crippen LogP contribution in [-0.2, 0) is 4.79 Å². The highest BCUT2D eigenvalue weighted by molar-refractivity contribution is 8.03. The van der Waals surface area contributed by atoms with Gasteiger partial charge in [-0.15, -0.1) is 11.3 Å². The molecule has 40 heavy (non-hydrogen) atoms. The van der Waals surface area contributed by atoms with Crippen LogP contribution in [0.5, 0.6) is 0 Å². The van der Waals surface area contributed by atoms with Crippen LogP contribution in [-0.4, -0.2) is 17.4 Å². The molecule has 1 aliphatic rings. The number of Topliss-reactive ketones (excluding diaryl/α,β-unsaturated/α-hetero) is 1. The minimum absolute atomic E-state index is 0.0337. The third-order valence-electron chi connectivity index (χ3n) is 6.77. The van der Waals surface area contributed by atoms with E-state index >= 15 is 0 Å². The Kier molecular flexibility index (Phi) is 8.30. The van der Waals surface area contributed by atoms with Gasteiger partial charge in [-0.3, -0.25) is 9.59 Å². The number of carbonyl (C=O) groups is 2. The molecule has 5 rings (SSSR count). The predicted octanol–water partition coefficient (Wildman–Crippen LogP) is 7.67. The zero-order chi connectivity index (χ0) is 28.1. The van der Waals surface area contributed by atoms with Crippen LogP contribution < -0.4 is 10.6 Å². The van der Waals surface area contributed by atoms with Crippen molar-refractivity contribution in [2.24, 2.45) is 0 Å². The number of amides is 1. The molecule has 0 saturated carbocycles. The first-order valence-corrected chi connectivity index (χ1v) is 14.7. The van der Waals surface area contributed by atoms with E-state index in [-0.39, 0.29) is 17.4 Å². The van der Waals surface area contributed by atoms with Crippen LogP contribution in [0.25, 0.3) is 11.1 Å². The minimum atomic E-state index is -0.530. The smallest absolute Gasteiger partial charge is 0.254 e. The molecule has 0 spiro atoms. The van der Waals surface area contributed by atoms with Gasteiger partial charge < -0.3 is 10.6 Å². The van der Waals surface area contributed by atoms with Crippen molar-refractivity contribution in [2.45, 2.75) is 19.8 Å². The zero-order valence-corrected chi connectivity index (χ0v) is 23.7. The molecule has 7 heteroatoms. The summed E-state index contributed by atoms with van der Waals surface area (Å²) in [4.78, 5) is 27.6. The number of benzene rings is 3. The molecule has 0 unspecified atom stereocenters. The maximum atomic E-state index is 13.6. The van der Waals surface area contributed by atoms with Crippen molar-refractivity contribution in [2.75, 3.05) is 11.1 Å². The maximum Gasteiger partial charge on any atom is 0.254 e. The molecule has 0 bridgehead atoms. The quantitative estimate of drug-likeness (QED) is 0.216. The second-order valence-electron chi connectivity index (χ2n) is 9.39. The molecule has 2 heterocycles. The molecule has 3 aromatic carbocycles. The number of anilines is 1. The predicted molar refractivity (Wildman–Crippen MR) is 164 cm³/mol. The van der Waals surface area contributed by atoms with Crippen molar-refractivity contribution in [3.8, 4) is 17.2 Å². The highest BCUT2D eigenvalue weighted by atomic mass is 32.2. The van der Waals surface area contributed by atoms with E-state index in [1.54, 1.807) is 0 Å². The topological polar surface area (TPSA) is 82.0 Å². The van der Waals surface area contributed by atoms with Gasteiger partial charge in [-0.05, 0) is 48.1 Å². The molecule has 1 atom stereocenters. The van der Waals surface area contributed by atoms with Crippen molar-refractivity contribution in [1.29, 1.82) is 5.26 Å². The van der Waals surface area contributed by atoms with Gasteiger partial charge in [0.05, 0.1) is 28.3 Å². The summed E-state index contributed by atoms with van der Waals surface area (Å²) >= 11 is 2.79. The number of ketones is 1. The lowest BCUT2D eigenvalue weighted by atomic mass is 9.86. The lowest BCUT2D eigenvalue weighted by Crippen LogP contribution is -2.30. The second kappa shape index (κ2) is 12.2. The Labute approximate surface area is 242 Å². The number of allylic oxidation sites excluding steroid dienone is 2. The first-order chi connectivity index (χ1) is 19.5. The second-order valence-corrected chi connectivity index (χ2v) is 11.4. The van der Waals surface area contributed by atoms with Crippen LogP contribution in [0.15, 0.2) is 118 Å². The Hall–Kier alpha value is -4.38. The van der Waals surface area contributed by atoms with Gasteiger partial charge in [0.15, 0.2) is 5.78 Å². The molecule has 1 aliphatic heterocycles. The van der Waals surface area contributed by atoms with Crippen molar-refractivity contribution in [3.05, 3.63) is 134 Å². The van der Waals surface area contributed by atoms with Crippen LogP contribution >= 0.6 is 23.1 Å². The molecule has 0 radical (unpaired) electrons. The molecule has 2 N–H and O–H groups in total. The number of para-hydroxylation sites is 1. The third-order valence-corrected chi connectivity index (χ3v) is 8.73. The Bertz CT molecular complexity index is 1650. The van der Waals surface area contributed by atoms with E-state index in [1.165, 1.54) is 23.1 Å². The number of thiophene rings is 1. The summed E-state index contributed by atoms with van der Waals surface area (Å²) in [5, 5.41) is 19.1. The third kappa shape index (κ3) is 5.79. The molecule has 0 saturated heterocycles. The maximum absolute atomic E-state index is 13.6. The Morgan fingerprint density at radius 1 is 0.925 bits per heavy atom.